The Morgan fingerprint density at radius 3 is 3.18 bits per heavy atom. The first-order valence-electron chi connectivity index (χ1n) is 3.62. The SMILES string of the molecule is O/N=C1/CCc2c[c]ccc21. The van der Waals surface area contributed by atoms with Crippen LogP contribution < -0.4 is 0 Å². The molecule has 0 saturated heterocycles. The Kier molecular flexibility index (Phi) is 1.39. The lowest BCUT2D eigenvalue weighted by atomic mass is 10.1. The van der Waals surface area contributed by atoms with Crippen LogP contribution in [-0.4, -0.2) is 10.9 Å². The molecule has 1 aromatic rings. The van der Waals surface area contributed by atoms with Gasteiger partial charge in [0, 0.05) is 5.56 Å². The average Bonchev–Trinajstić information content (AvgIpc) is 2.47. The van der Waals surface area contributed by atoms with Crippen molar-refractivity contribution in [3.05, 3.63) is 35.4 Å². The molecule has 0 unspecified atom stereocenters. The number of benzene rings is 1. The number of rotatable bonds is 0. The van der Waals surface area contributed by atoms with Gasteiger partial charge >= 0.3 is 0 Å². The van der Waals surface area contributed by atoms with E-state index in [0.717, 1.165) is 24.1 Å². The summed E-state index contributed by atoms with van der Waals surface area (Å²) in [5.41, 5.74) is 3.11. The zero-order valence-corrected chi connectivity index (χ0v) is 6.04. The highest BCUT2D eigenvalue weighted by Gasteiger charge is 2.16. The third-order valence-electron chi connectivity index (χ3n) is 2.01. The van der Waals surface area contributed by atoms with Gasteiger partial charge in [-0.05, 0) is 24.5 Å². The lowest BCUT2D eigenvalue weighted by molar-refractivity contribution is 0.318. The number of nitrogens with zero attached hydrogens (tertiary/aromatic N) is 1. The minimum Gasteiger partial charge on any atom is -0.411 e. The van der Waals surface area contributed by atoms with E-state index in [4.69, 9.17) is 5.21 Å². The van der Waals surface area contributed by atoms with Gasteiger partial charge in [0.05, 0.1) is 5.71 Å². The Morgan fingerprint density at radius 1 is 1.45 bits per heavy atom. The van der Waals surface area contributed by atoms with E-state index in [2.05, 4.69) is 11.2 Å². The lowest BCUT2D eigenvalue weighted by Gasteiger charge is -1.94. The van der Waals surface area contributed by atoms with Crippen molar-refractivity contribution in [3.63, 3.8) is 0 Å². The summed E-state index contributed by atoms with van der Waals surface area (Å²) < 4.78 is 0. The van der Waals surface area contributed by atoms with E-state index in [0.29, 0.717) is 0 Å². The van der Waals surface area contributed by atoms with Crippen molar-refractivity contribution in [2.75, 3.05) is 0 Å². The van der Waals surface area contributed by atoms with Gasteiger partial charge in [-0.15, -0.1) is 0 Å². The van der Waals surface area contributed by atoms with Crippen molar-refractivity contribution < 1.29 is 5.21 Å². The van der Waals surface area contributed by atoms with Gasteiger partial charge in [0.1, 0.15) is 0 Å². The molecule has 1 aromatic carbocycles. The van der Waals surface area contributed by atoms with Crippen molar-refractivity contribution in [2.24, 2.45) is 5.16 Å². The molecule has 2 nitrogen and oxygen atoms in total. The predicted molar refractivity (Wildman–Crippen MR) is 41.9 cm³/mol. The minimum atomic E-state index is 0.800. The average molecular weight is 146 g/mol. The molecule has 1 aliphatic carbocycles. The molecule has 0 aromatic heterocycles. The van der Waals surface area contributed by atoms with E-state index in [1.807, 2.05) is 18.2 Å². The molecule has 55 valence electrons. The Morgan fingerprint density at radius 2 is 2.36 bits per heavy atom. The predicted octanol–water partition coefficient (Wildman–Crippen LogP) is 1.61. The summed E-state index contributed by atoms with van der Waals surface area (Å²) in [6.07, 6.45) is 1.83. The van der Waals surface area contributed by atoms with Crippen molar-refractivity contribution in [1.82, 2.24) is 0 Å². The summed E-state index contributed by atoms with van der Waals surface area (Å²) in [5, 5.41) is 11.8. The van der Waals surface area contributed by atoms with Crippen molar-refractivity contribution in [2.45, 2.75) is 12.8 Å². The fourth-order valence-corrected chi connectivity index (χ4v) is 1.44. The molecule has 1 aliphatic rings. The number of hydrogen-bond donors (Lipinski definition) is 1. The van der Waals surface area contributed by atoms with Gasteiger partial charge in [-0.3, -0.25) is 0 Å². The van der Waals surface area contributed by atoms with E-state index >= 15 is 0 Å². The zero-order chi connectivity index (χ0) is 7.68. The molecule has 0 aliphatic heterocycles. The molecule has 11 heavy (non-hydrogen) atoms. The van der Waals surface area contributed by atoms with Gasteiger partial charge in [0.2, 0.25) is 0 Å². The van der Waals surface area contributed by atoms with Crippen LogP contribution in [0.2, 0.25) is 0 Å². The zero-order valence-electron chi connectivity index (χ0n) is 6.04. The number of fused-ring (bicyclic) bond motifs is 1. The first-order valence-corrected chi connectivity index (χ1v) is 3.62. The smallest absolute Gasteiger partial charge is 0.0873 e. The standard InChI is InChI=1S/C9H8NO/c11-10-9-6-5-7-3-1-2-4-8(7)9/h2-4,11H,5-6H2/b10-9-. The van der Waals surface area contributed by atoms with Gasteiger partial charge in [0.25, 0.3) is 0 Å². The third-order valence-corrected chi connectivity index (χ3v) is 2.01. The largest absolute Gasteiger partial charge is 0.411 e. The molecule has 0 bridgehead atoms. The maximum Gasteiger partial charge on any atom is 0.0873 e. The monoisotopic (exact) mass is 146 g/mol. The summed E-state index contributed by atoms with van der Waals surface area (Å²) in [6, 6.07) is 8.74. The highest BCUT2D eigenvalue weighted by atomic mass is 16.4. The maximum absolute atomic E-state index is 8.59. The first-order chi connectivity index (χ1) is 5.42. The van der Waals surface area contributed by atoms with Gasteiger partial charge in [-0.2, -0.15) is 0 Å². The van der Waals surface area contributed by atoms with Gasteiger partial charge in [-0.25, -0.2) is 0 Å². The third kappa shape index (κ3) is 0.909. The molecular formula is C9H8NO. The second-order valence-corrected chi connectivity index (χ2v) is 2.63. The molecule has 0 saturated carbocycles. The van der Waals surface area contributed by atoms with Crippen molar-refractivity contribution >= 4 is 5.71 Å². The van der Waals surface area contributed by atoms with Crippen molar-refractivity contribution in [1.29, 1.82) is 0 Å². The van der Waals surface area contributed by atoms with Crippen LogP contribution in [0.15, 0.2) is 23.4 Å². The fourth-order valence-electron chi connectivity index (χ4n) is 1.44. The molecule has 0 heterocycles. The first kappa shape index (κ1) is 6.40. The summed E-state index contributed by atoms with van der Waals surface area (Å²) in [6.45, 7) is 0. The second kappa shape index (κ2) is 2.38. The Balaban J connectivity index is 2.55. The molecule has 2 heteroatoms. The Labute approximate surface area is 65.2 Å². The Bertz CT molecular complexity index is 304. The van der Waals surface area contributed by atoms with Crippen LogP contribution >= 0.6 is 0 Å². The van der Waals surface area contributed by atoms with Gasteiger partial charge < -0.3 is 5.21 Å². The maximum atomic E-state index is 8.59. The van der Waals surface area contributed by atoms with Crippen LogP contribution in [-0.2, 0) is 6.42 Å². The fraction of sp³-hybridized carbons (Fsp3) is 0.222. The van der Waals surface area contributed by atoms with Crippen LogP contribution in [0.5, 0.6) is 0 Å². The Hall–Kier alpha value is -1.31. The van der Waals surface area contributed by atoms with Gasteiger partial charge in [-0.1, -0.05) is 23.4 Å². The summed E-state index contributed by atoms with van der Waals surface area (Å²) in [7, 11) is 0. The van der Waals surface area contributed by atoms with Crippen LogP contribution in [0, 0.1) is 6.07 Å². The quantitative estimate of drug-likeness (QED) is 0.437. The molecule has 2 rings (SSSR count). The van der Waals surface area contributed by atoms with Crippen molar-refractivity contribution in [3.8, 4) is 0 Å². The molecular weight excluding hydrogens is 138 g/mol. The molecule has 0 amide bonds. The lowest BCUT2D eigenvalue weighted by Crippen LogP contribution is -1.92. The number of aryl methyl sites for hydroxylation is 1. The normalized spacial score (nSPS) is 18.7. The number of oxime groups is 1. The van der Waals surface area contributed by atoms with E-state index < -0.39 is 0 Å². The minimum absolute atomic E-state index is 0.800. The topological polar surface area (TPSA) is 32.6 Å². The molecule has 1 N–H and O–H groups in total. The molecule has 1 radical (unpaired) electrons. The van der Waals surface area contributed by atoms with Crippen LogP contribution in [0.25, 0.3) is 0 Å². The van der Waals surface area contributed by atoms with E-state index in [1.54, 1.807) is 0 Å². The van der Waals surface area contributed by atoms with E-state index in [1.165, 1.54) is 5.56 Å². The summed E-state index contributed by atoms with van der Waals surface area (Å²) >= 11 is 0. The molecule has 0 atom stereocenters. The molecule has 0 fully saturated rings. The van der Waals surface area contributed by atoms with Crippen LogP contribution in [0.1, 0.15) is 17.5 Å². The second-order valence-electron chi connectivity index (χ2n) is 2.63. The van der Waals surface area contributed by atoms with Gasteiger partial charge in [0.15, 0.2) is 0 Å². The summed E-state index contributed by atoms with van der Waals surface area (Å²) in [5.74, 6) is 0. The highest BCUT2D eigenvalue weighted by molar-refractivity contribution is 6.04. The summed E-state index contributed by atoms with van der Waals surface area (Å²) in [4.78, 5) is 0. The van der Waals surface area contributed by atoms with E-state index in [-0.39, 0.29) is 0 Å². The molecule has 0 spiro atoms. The van der Waals surface area contributed by atoms with Crippen LogP contribution in [0.4, 0.5) is 0 Å². The van der Waals surface area contributed by atoms with E-state index in [9.17, 15) is 0 Å². The highest BCUT2D eigenvalue weighted by Crippen LogP contribution is 2.21. The number of hydrogen-bond acceptors (Lipinski definition) is 2. The van der Waals surface area contributed by atoms with Crippen LogP contribution in [0.3, 0.4) is 0 Å².